The number of rotatable bonds is 1. The maximum absolute atomic E-state index is 11.5. The molecule has 2 amide bonds. The van der Waals surface area contributed by atoms with Crippen LogP contribution in [-0.2, 0) is 0 Å². The lowest BCUT2D eigenvalue weighted by Crippen LogP contribution is -2.40. The van der Waals surface area contributed by atoms with Gasteiger partial charge in [0.05, 0.1) is 25.3 Å². The van der Waals surface area contributed by atoms with E-state index in [0.29, 0.717) is 6.54 Å². The fourth-order valence-corrected chi connectivity index (χ4v) is 1.30. The molecule has 5 heteroatoms. The van der Waals surface area contributed by atoms with Crippen LogP contribution < -0.4 is 0 Å². The Morgan fingerprint density at radius 2 is 1.92 bits per heavy atom. The van der Waals surface area contributed by atoms with Gasteiger partial charge in [0, 0.05) is 13.6 Å². The summed E-state index contributed by atoms with van der Waals surface area (Å²) in [7, 11) is 1.69. The predicted molar refractivity (Wildman–Crippen MR) is 47.3 cm³/mol. The Bertz CT molecular complexity index is 188. The van der Waals surface area contributed by atoms with Crippen molar-refractivity contribution in [2.45, 2.75) is 19.1 Å². The van der Waals surface area contributed by atoms with Crippen molar-refractivity contribution < 1.29 is 15.0 Å². The normalized spacial score (nSPS) is 27.8. The van der Waals surface area contributed by atoms with Crippen molar-refractivity contribution in [1.29, 1.82) is 0 Å². The Hall–Kier alpha value is -0.810. The minimum Gasteiger partial charge on any atom is -0.388 e. The van der Waals surface area contributed by atoms with E-state index in [1.165, 1.54) is 4.90 Å². The third-order valence-electron chi connectivity index (χ3n) is 2.33. The van der Waals surface area contributed by atoms with Crippen molar-refractivity contribution in [2.24, 2.45) is 0 Å². The summed E-state index contributed by atoms with van der Waals surface area (Å²) >= 11 is 0. The highest BCUT2D eigenvalue weighted by molar-refractivity contribution is 5.74. The van der Waals surface area contributed by atoms with Crippen LogP contribution >= 0.6 is 0 Å². The molecule has 1 aliphatic rings. The lowest BCUT2D eigenvalue weighted by molar-refractivity contribution is 0.0572. The van der Waals surface area contributed by atoms with Crippen LogP contribution in [0.3, 0.4) is 0 Å². The number of hydrogen-bond acceptors (Lipinski definition) is 3. The monoisotopic (exact) mass is 188 g/mol. The second-order valence-electron chi connectivity index (χ2n) is 3.34. The molecular formula is C8H16N2O3. The number of hydrogen-bond donors (Lipinski definition) is 2. The van der Waals surface area contributed by atoms with Gasteiger partial charge in [-0.05, 0) is 6.92 Å². The maximum Gasteiger partial charge on any atom is 0.319 e. The van der Waals surface area contributed by atoms with Crippen molar-refractivity contribution >= 4 is 6.03 Å². The van der Waals surface area contributed by atoms with Crippen LogP contribution in [0, 0.1) is 0 Å². The summed E-state index contributed by atoms with van der Waals surface area (Å²) in [5, 5.41) is 18.4. The molecule has 0 aliphatic carbocycles. The van der Waals surface area contributed by atoms with E-state index in [-0.39, 0.29) is 19.1 Å². The zero-order chi connectivity index (χ0) is 10.0. The summed E-state index contributed by atoms with van der Waals surface area (Å²) in [5.41, 5.74) is 0. The summed E-state index contributed by atoms with van der Waals surface area (Å²) in [6.45, 7) is 2.96. The molecule has 13 heavy (non-hydrogen) atoms. The first kappa shape index (κ1) is 10.3. The summed E-state index contributed by atoms with van der Waals surface area (Å²) in [6, 6.07) is -0.141. The Morgan fingerprint density at radius 3 is 2.31 bits per heavy atom. The standard InChI is InChI=1S/C8H16N2O3/c1-3-9(2)8(13)10-4-6(11)7(12)5-10/h6-7,11-12H,3-5H2,1-2H3. The van der Waals surface area contributed by atoms with Crippen molar-refractivity contribution in [3.63, 3.8) is 0 Å². The van der Waals surface area contributed by atoms with Gasteiger partial charge in [0.2, 0.25) is 0 Å². The number of carbonyl (C=O) groups is 1. The van der Waals surface area contributed by atoms with Gasteiger partial charge in [-0.1, -0.05) is 0 Å². The molecular weight excluding hydrogens is 172 g/mol. The molecule has 5 nitrogen and oxygen atoms in total. The Kier molecular flexibility index (Phi) is 3.11. The smallest absolute Gasteiger partial charge is 0.319 e. The van der Waals surface area contributed by atoms with Gasteiger partial charge in [0.1, 0.15) is 0 Å². The van der Waals surface area contributed by atoms with E-state index in [0.717, 1.165) is 0 Å². The number of aliphatic hydroxyl groups excluding tert-OH is 2. The lowest BCUT2D eigenvalue weighted by atomic mass is 10.3. The fraction of sp³-hybridized carbons (Fsp3) is 0.875. The van der Waals surface area contributed by atoms with E-state index in [1.54, 1.807) is 11.9 Å². The molecule has 0 spiro atoms. The second kappa shape index (κ2) is 3.93. The molecule has 1 fully saturated rings. The Labute approximate surface area is 77.6 Å². The average molecular weight is 188 g/mol. The summed E-state index contributed by atoms with van der Waals surface area (Å²) in [5.74, 6) is 0. The van der Waals surface area contributed by atoms with E-state index in [1.807, 2.05) is 6.92 Å². The van der Waals surface area contributed by atoms with Gasteiger partial charge in [-0.3, -0.25) is 0 Å². The Morgan fingerprint density at radius 1 is 1.46 bits per heavy atom. The van der Waals surface area contributed by atoms with E-state index in [4.69, 9.17) is 0 Å². The highest BCUT2D eigenvalue weighted by Crippen LogP contribution is 2.11. The molecule has 1 aliphatic heterocycles. The minimum atomic E-state index is -0.797. The molecule has 0 bridgehead atoms. The number of aliphatic hydroxyl groups is 2. The lowest BCUT2D eigenvalue weighted by Gasteiger charge is -2.22. The van der Waals surface area contributed by atoms with Gasteiger partial charge in [-0.15, -0.1) is 0 Å². The van der Waals surface area contributed by atoms with Crippen LogP contribution in [0.25, 0.3) is 0 Å². The van der Waals surface area contributed by atoms with E-state index >= 15 is 0 Å². The fourth-order valence-electron chi connectivity index (χ4n) is 1.30. The van der Waals surface area contributed by atoms with Crippen LogP contribution in [0.2, 0.25) is 0 Å². The molecule has 2 atom stereocenters. The first-order valence-electron chi connectivity index (χ1n) is 4.42. The summed E-state index contributed by atoms with van der Waals surface area (Å²) in [4.78, 5) is 14.5. The highest BCUT2D eigenvalue weighted by Gasteiger charge is 2.33. The van der Waals surface area contributed by atoms with Crippen LogP contribution in [-0.4, -0.2) is 64.9 Å². The first-order valence-corrected chi connectivity index (χ1v) is 4.42. The van der Waals surface area contributed by atoms with Crippen molar-refractivity contribution in [3.05, 3.63) is 0 Å². The first-order chi connectivity index (χ1) is 6.06. The number of β-amino-alcohol motifs (C(OH)–C–C–N with tert-alkyl or cyclic N) is 2. The molecule has 0 radical (unpaired) electrons. The molecule has 0 aromatic heterocycles. The zero-order valence-electron chi connectivity index (χ0n) is 7.97. The van der Waals surface area contributed by atoms with Crippen LogP contribution in [0.1, 0.15) is 6.92 Å². The van der Waals surface area contributed by atoms with Crippen LogP contribution in [0.5, 0.6) is 0 Å². The number of likely N-dealkylation sites (tertiary alicyclic amines) is 1. The number of carbonyl (C=O) groups excluding carboxylic acids is 1. The SMILES string of the molecule is CCN(C)C(=O)N1CC(O)C(O)C1. The molecule has 2 unspecified atom stereocenters. The van der Waals surface area contributed by atoms with Gasteiger partial charge in [-0.2, -0.15) is 0 Å². The van der Waals surface area contributed by atoms with Crippen molar-refractivity contribution in [1.82, 2.24) is 9.80 Å². The van der Waals surface area contributed by atoms with Crippen LogP contribution in [0.15, 0.2) is 0 Å². The number of amides is 2. The molecule has 1 heterocycles. The molecule has 2 N–H and O–H groups in total. The van der Waals surface area contributed by atoms with Crippen molar-refractivity contribution in [3.8, 4) is 0 Å². The molecule has 1 rings (SSSR count). The third-order valence-corrected chi connectivity index (χ3v) is 2.33. The summed E-state index contributed by atoms with van der Waals surface area (Å²) < 4.78 is 0. The molecule has 76 valence electrons. The average Bonchev–Trinajstić information content (AvgIpc) is 2.44. The molecule has 0 aromatic rings. The molecule has 0 saturated carbocycles. The van der Waals surface area contributed by atoms with Gasteiger partial charge in [0.15, 0.2) is 0 Å². The maximum atomic E-state index is 11.5. The zero-order valence-corrected chi connectivity index (χ0v) is 7.97. The molecule has 1 saturated heterocycles. The van der Waals surface area contributed by atoms with Gasteiger partial charge in [-0.25, -0.2) is 4.79 Å². The topological polar surface area (TPSA) is 64.0 Å². The second-order valence-corrected chi connectivity index (χ2v) is 3.34. The minimum absolute atomic E-state index is 0.141. The van der Waals surface area contributed by atoms with Crippen molar-refractivity contribution in [2.75, 3.05) is 26.7 Å². The van der Waals surface area contributed by atoms with Crippen LogP contribution in [0.4, 0.5) is 4.79 Å². The largest absolute Gasteiger partial charge is 0.388 e. The van der Waals surface area contributed by atoms with E-state index in [2.05, 4.69) is 0 Å². The predicted octanol–water partition coefficient (Wildman–Crippen LogP) is -0.905. The third kappa shape index (κ3) is 2.10. The Balaban J connectivity index is 2.50. The number of nitrogens with zero attached hydrogens (tertiary/aromatic N) is 2. The van der Waals surface area contributed by atoms with E-state index in [9.17, 15) is 15.0 Å². The quantitative estimate of drug-likeness (QED) is 0.560. The highest BCUT2D eigenvalue weighted by atomic mass is 16.3. The van der Waals surface area contributed by atoms with Gasteiger partial charge >= 0.3 is 6.03 Å². The van der Waals surface area contributed by atoms with Gasteiger partial charge in [0.25, 0.3) is 0 Å². The summed E-state index contributed by atoms with van der Waals surface area (Å²) in [6.07, 6.45) is -1.59. The molecule has 0 aromatic carbocycles. The van der Waals surface area contributed by atoms with Gasteiger partial charge < -0.3 is 20.0 Å². The van der Waals surface area contributed by atoms with E-state index < -0.39 is 12.2 Å². The number of urea groups is 1.